The lowest BCUT2D eigenvalue weighted by atomic mass is 10.3. The van der Waals surface area contributed by atoms with Crippen molar-refractivity contribution in [3.63, 3.8) is 0 Å². The van der Waals surface area contributed by atoms with Crippen molar-refractivity contribution in [2.24, 2.45) is 0 Å². The van der Waals surface area contributed by atoms with Gasteiger partial charge < -0.3 is 4.74 Å². The molecule has 3 nitrogen and oxygen atoms in total. The predicted octanol–water partition coefficient (Wildman–Crippen LogP) is 2.22. The van der Waals surface area contributed by atoms with Gasteiger partial charge in [0.15, 0.2) is 0 Å². The van der Waals surface area contributed by atoms with Crippen molar-refractivity contribution in [3.8, 4) is 5.75 Å². The van der Waals surface area contributed by atoms with E-state index in [1.165, 1.54) is 18.3 Å². The average Bonchev–Trinajstić information content (AvgIpc) is 2.49. The fourth-order valence-electron chi connectivity index (χ4n) is 1.06. The van der Waals surface area contributed by atoms with E-state index in [4.69, 9.17) is 4.74 Å². The number of ether oxygens (including phenoxy) is 1. The largest absolute Gasteiger partial charge is 0.427 e. The van der Waals surface area contributed by atoms with Gasteiger partial charge in [-0.25, -0.2) is 4.98 Å². The first-order valence-electron chi connectivity index (χ1n) is 3.77. The van der Waals surface area contributed by atoms with E-state index < -0.39 is 0 Å². The van der Waals surface area contributed by atoms with Gasteiger partial charge in [0.1, 0.15) is 5.75 Å². The van der Waals surface area contributed by atoms with Crippen LogP contribution in [-0.2, 0) is 4.79 Å². The number of thiazole rings is 1. The highest BCUT2D eigenvalue weighted by Gasteiger charge is 2.01. The van der Waals surface area contributed by atoms with Gasteiger partial charge in [-0.2, -0.15) is 0 Å². The highest BCUT2D eigenvalue weighted by atomic mass is 32.1. The van der Waals surface area contributed by atoms with E-state index in [0.717, 1.165) is 10.2 Å². The zero-order valence-electron chi connectivity index (χ0n) is 6.98. The molecule has 0 fully saturated rings. The van der Waals surface area contributed by atoms with E-state index in [2.05, 4.69) is 4.98 Å². The van der Waals surface area contributed by atoms with Crippen molar-refractivity contribution in [1.82, 2.24) is 4.98 Å². The summed E-state index contributed by atoms with van der Waals surface area (Å²) in [5.74, 6) is 0.271. The Balaban J connectivity index is 2.42. The molecule has 4 heteroatoms. The maximum Gasteiger partial charge on any atom is 0.308 e. The number of carbonyl (C=O) groups excluding carboxylic acids is 1. The van der Waals surface area contributed by atoms with Gasteiger partial charge >= 0.3 is 5.97 Å². The molecule has 0 atom stereocenters. The Morgan fingerprint density at radius 2 is 2.38 bits per heavy atom. The molecule has 0 radical (unpaired) electrons. The van der Waals surface area contributed by atoms with Gasteiger partial charge in [0, 0.05) is 13.0 Å². The Labute approximate surface area is 79.0 Å². The van der Waals surface area contributed by atoms with Crippen LogP contribution in [0.15, 0.2) is 23.7 Å². The van der Waals surface area contributed by atoms with Crippen molar-refractivity contribution in [2.45, 2.75) is 6.92 Å². The van der Waals surface area contributed by atoms with Crippen molar-refractivity contribution in [3.05, 3.63) is 23.7 Å². The second-order valence-electron chi connectivity index (χ2n) is 2.58. The first-order valence-corrected chi connectivity index (χ1v) is 4.65. The summed E-state index contributed by atoms with van der Waals surface area (Å²) in [6.45, 7) is 1.39. The predicted molar refractivity (Wildman–Crippen MR) is 50.9 cm³/mol. The molecule has 0 aliphatic rings. The second-order valence-corrected chi connectivity index (χ2v) is 3.46. The molecular weight excluding hydrogens is 186 g/mol. The number of benzene rings is 1. The van der Waals surface area contributed by atoms with Crippen LogP contribution in [0, 0.1) is 0 Å². The summed E-state index contributed by atoms with van der Waals surface area (Å²) < 4.78 is 5.96. The smallest absolute Gasteiger partial charge is 0.308 e. The number of hydrogen-bond donors (Lipinski definition) is 0. The summed E-state index contributed by atoms with van der Waals surface area (Å²) >= 11 is 1.53. The van der Waals surface area contributed by atoms with E-state index in [9.17, 15) is 4.79 Å². The number of rotatable bonds is 1. The van der Waals surface area contributed by atoms with E-state index in [0.29, 0.717) is 5.75 Å². The van der Waals surface area contributed by atoms with E-state index in [1.54, 1.807) is 11.6 Å². The number of fused-ring (bicyclic) bond motifs is 1. The van der Waals surface area contributed by atoms with Crippen LogP contribution in [0.25, 0.3) is 10.2 Å². The molecule has 0 amide bonds. The van der Waals surface area contributed by atoms with Crippen LogP contribution in [0.3, 0.4) is 0 Å². The van der Waals surface area contributed by atoms with Crippen LogP contribution < -0.4 is 4.74 Å². The van der Waals surface area contributed by atoms with Crippen LogP contribution in [-0.4, -0.2) is 11.0 Å². The van der Waals surface area contributed by atoms with Gasteiger partial charge in [0.2, 0.25) is 0 Å². The number of aromatic nitrogens is 1. The molecule has 0 unspecified atom stereocenters. The number of hydrogen-bond acceptors (Lipinski definition) is 4. The molecule has 66 valence electrons. The van der Waals surface area contributed by atoms with Crippen LogP contribution in [0.4, 0.5) is 0 Å². The van der Waals surface area contributed by atoms with E-state index in [-0.39, 0.29) is 5.97 Å². The minimum atomic E-state index is -0.302. The lowest BCUT2D eigenvalue weighted by Crippen LogP contribution is -2.00. The molecule has 0 saturated heterocycles. The molecule has 1 aromatic carbocycles. The quantitative estimate of drug-likeness (QED) is 0.515. The van der Waals surface area contributed by atoms with Crippen LogP contribution in [0.5, 0.6) is 5.75 Å². The number of nitrogens with zero attached hydrogens (tertiary/aromatic N) is 1. The first kappa shape index (κ1) is 8.19. The first-order chi connectivity index (χ1) is 6.25. The Kier molecular flexibility index (Phi) is 1.98. The molecular formula is C9H7NO2S. The van der Waals surface area contributed by atoms with Gasteiger partial charge in [0.05, 0.1) is 15.7 Å². The van der Waals surface area contributed by atoms with Gasteiger partial charge in [-0.05, 0) is 12.1 Å². The van der Waals surface area contributed by atoms with Crippen molar-refractivity contribution in [1.29, 1.82) is 0 Å². The van der Waals surface area contributed by atoms with Gasteiger partial charge in [-0.3, -0.25) is 4.79 Å². The number of esters is 1. The van der Waals surface area contributed by atoms with Gasteiger partial charge in [-0.15, -0.1) is 11.3 Å². The fraction of sp³-hybridized carbons (Fsp3) is 0.111. The zero-order chi connectivity index (χ0) is 9.26. The molecule has 0 N–H and O–H groups in total. The molecule has 0 aliphatic carbocycles. The minimum absolute atomic E-state index is 0.302. The molecule has 1 aromatic heterocycles. The normalized spacial score (nSPS) is 10.2. The highest BCUT2D eigenvalue weighted by molar-refractivity contribution is 7.16. The Morgan fingerprint density at radius 3 is 3.15 bits per heavy atom. The van der Waals surface area contributed by atoms with E-state index in [1.807, 2.05) is 12.1 Å². The lowest BCUT2D eigenvalue weighted by Gasteiger charge is -1.99. The Bertz CT molecular complexity index is 450. The van der Waals surface area contributed by atoms with Crippen molar-refractivity contribution >= 4 is 27.5 Å². The summed E-state index contributed by atoms with van der Waals surface area (Å²) in [5, 5.41) is 0. The standard InChI is InChI=1S/C9H7NO2S/c1-6(11)12-7-2-3-8-9(4-7)13-5-10-8/h2-5H,1H3. The van der Waals surface area contributed by atoms with E-state index >= 15 is 0 Å². The minimum Gasteiger partial charge on any atom is -0.427 e. The van der Waals surface area contributed by atoms with Crippen molar-refractivity contribution < 1.29 is 9.53 Å². The third-order valence-corrected chi connectivity index (χ3v) is 2.36. The summed E-state index contributed by atoms with van der Waals surface area (Å²) in [5.41, 5.74) is 2.70. The van der Waals surface area contributed by atoms with Crippen LogP contribution in [0.1, 0.15) is 6.92 Å². The fourth-order valence-corrected chi connectivity index (χ4v) is 1.77. The van der Waals surface area contributed by atoms with Gasteiger partial charge in [-0.1, -0.05) is 0 Å². The maximum absolute atomic E-state index is 10.7. The lowest BCUT2D eigenvalue weighted by molar-refractivity contribution is -0.131. The van der Waals surface area contributed by atoms with Gasteiger partial charge in [0.25, 0.3) is 0 Å². The zero-order valence-corrected chi connectivity index (χ0v) is 7.80. The molecule has 2 aromatic rings. The average molecular weight is 193 g/mol. The third-order valence-electron chi connectivity index (χ3n) is 1.56. The topological polar surface area (TPSA) is 39.2 Å². The molecule has 0 aliphatic heterocycles. The second kappa shape index (κ2) is 3.14. The highest BCUT2D eigenvalue weighted by Crippen LogP contribution is 2.23. The summed E-state index contributed by atoms with van der Waals surface area (Å²) in [4.78, 5) is 14.8. The summed E-state index contributed by atoms with van der Waals surface area (Å²) in [6, 6.07) is 5.39. The SMILES string of the molecule is CC(=O)Oc1ccc2ncsc2c1. The monoisotopic (exact) mass is 193 g/mol. The summed E-state index contributed by atoms with van der Waals surface area (Å²) in [6.07, 6.45) is 0. The van der Waals surface area contributed by atoms with Crippen molar-refractivity contribution in [2.75, 3.05) is 0 Å². The van der Waals surface area contributed by atoms with Crippen LogP contribution in [0.2, 0.25) is 0 Å². The Morgan fingerprint density at radius 1 is 1.54 bits per heavy atom. The molecule has 13 heavy (non-hydrogen) atoms. The Hall–Kier alpha value is -1.42. The maximum atomic E-state index is 10.7. The molecule has 2 rings (SSSR count). The molecule has 0 spiro atoms. The third kappa shape index (κ3) is 1.67. The molecule has 0 bridgehead atoms. The molecule has 0 saturated carbocycles. The van der Waals surface area contributed by atoms with Crippen LogP contribution >= 0.6 is 11.3 Å². The number of carbonyl (C=O) groups is 1. The summed E-state index contributed by atoms with van der Waals surface area (Å²) in [7, 11) is 0. The molecule has 1 heterocycles.